The third kappa shape index (κ3) is 7.28. The van der Waals surface area contributed by atoms with E-state index in [2.05, 4.69) is 78.8 Å². The SMILES string of the molecule is CCOCCCC(CC)C/C=C(/C)c1ccc(C)c(-c2ccc(C(C)C)nc2CC)n1. The van der Waals surface area contributed by atoms with Gasteiger partial charge < -0.3 is 4.74 Å². The van der Waals surface area contributed by atoms with Crippen LogP contribution in [0.4, 0.5) is 0 Å². The van der Waals surface area contributed by atoms with Crippen molar-refractivity contribution in [1.29, 1.82) is 0 Å². The maximum Gasteiger partial charge on any atom is 0.0756 e. The Kier molecular flexibility index (Phi) is 10.4. The number of allylic oxidation sites excluding steroid dienone is 2. The fourth-order valence-corrected chi connectivity index (χ4v) is 3.90. The van der Waals surface area contributed by atoms with Gasteiger partial charge in [-0.25, -0.2) is 4.98 Å². The maximum atomic E-state index is 5.50. The summed E-state index contributed by atoms with van der Waals surface area (Å²) in [5.74, 6) is 1.14. The summed E-state index contributed by atoms with van der Waals surface area (Å²) in [6, 6.07) is 8.72. The molecule has 31 heavy (non-hydrogen) atoms. The van der Waals surface area contributed by atoms with E-state index in [0.29, 0.717) is 11.8 Å². The minimum absolute atomic E-state index is 0.435. The van der Waals surface area contributed by atoms with Crippen molar-refractivity contribution >= 4 is 5.57 Å². The molecule has 0 amide bonds. The average molecular weight is 423 g/mol. The molecule has 0 aliphatic heterocycles. The van der Waals surface area contributed by atoms with Crippen LogP contribution in [0.1, 0.15) is 95.8 Å². The molecule has 0 N–H and O–H groups in total. The van der Waals surface area contributed by atoms with E-state index in [1.54, 1.807) is 0 Å². The maximum absolute atomic E-state index is 5.50. The molecule has 2 aromatic heterocycles. The van der Waals surface area contributed by atoms with E-state index in [-0.39, 0.29) is 0 Å². The highest BCUT2D eigenvalue weighted by Gasteiger charge is 2.13. The Morgan fingerprint density at radius 1 is 1.06 bits per heavy atom. The van der Waals surface area contributed by atoms with Gasteiger partial charge in [0.25, 0.3) is 0 Å². The van der Waals surface area contributed by atoms with E-state index in [1.165, 1.54) is 29.5 Å². The van der Waals surface area contributed by atoms with Crippen molar-refractivity contribution in [2.24, 2.45) is 5.92 Å². The van der Waals surface area contributed by atoms with Crippen LogP contribution < -0.4 is 0 Å². The highest BCUT2D eigenvalue weighted by Crippen LogP contribution is 2.29. The Balaban J connectivity index is 2.23. The van der Waals surface area contributed by atoms with Crippen molar-refractivity contribution in [3.8, 4) is 11.3 Å². The number of rotatable bonds is 12. The third-order valence-corrected chi connectivity index (χ3v) is 6.12. The molecule has 1 unspecified atom stereocenters. The molecule has 2 rings (SSSR count). The highest BCUT2D eigenvalue weighted by atomic mass is 16.5. The predicted octanol–water partition coefficient (Wildman–Crippen LogP) is 7.77. The average Bonchev–Trinajstić information content (AvgIpc) is 2.78. The fraction of sp³-hybridized carbons (Fsp3) is 0.571. The Bertz CT molecular complexity index is 854. The molecule has 0 fully saturated rings. The van der Waals surface area contributed by atoms with Crippen molar-refractivity contribution < 1.29 is 4.74 Å². The third-order valence-electron chi connectivity index (χ3n) is 6.12. The largest absolute Gasteiger partial charge is 0.382 e. The lowest BCUT2D eigenvalue weighted by Gasteiger charge is -2.15. The summed E-state index contributed by atoms with van der Waals surface area (Å²) in [4.78, 5) is 10.0. The number of nitrogens with zero attached hydrogens (tertiary/aromatic N) is 2. The molecule has 3 heteroatoms. The smallest absolute Gasteiger partial charge is 0.0756 e. The topological polar surface area (TPSA) is 35.0 Å². The summed E-state index contributed by atoms with van der Waals surface area (Å²) in [5, 5.41) is 0. The van der Waals surface area contributed by atoms with E-state index < -0.39 is 0 Å². The Hall–Kier alpha value is -2.00. The minimum atomic E-state index is 0.435. The van der Waals surface area contributed by atoms with Crippen molar-refractivity contribution in [3.63, 3.8) is 0 Å². The van der Waals surface area contributed by atoms with E-state index in [0.717, 1.165) is 55.3 Å². The Morgan fingerprint density at radius 2 is 1.84 bits per heavy atom. The van der Waals surface area contributed by atoms with Crippen LogP contribution in [0, 0.1) is 12.8 Å². The molecule has 0 radical (unpaired) electrons. The number of aromatic nitrogens is 2. The lowest BCUT2D eigenvalue weighted by molar-refractivity contribution is 0.139. The summed E-state index contributed by atoms with van der Waals surface area (Å²) >= 11 is 0. The van der Waals surface area contributed by atoms with Crippen molar-refractivity contribution in [1.82, 2.24) is 9.97 Å². The normalized spacial score (nSPS) is 13.1. The van der Waals surface area contributed by atoms with Gasteiger partial charge in [-0.05, 0) is 87.6 Å². The van der Waals surface area contributed by atoms with Crippen molar-refractivity contribution in [3.05, 3.63) is 53.0 Å². The van der Waals surface area contributed by atoms with Gasteiger partial charge in [-0.3, -0.25) is 4.98 Å². The molecule has 0 aliphatic rings. The summed E-state index contributed by atoms with van der Waals surface area (Å²) in [6.07, 6.45) is 7.96. The van der Waals surface area contributed by atoms with E-state index in [4.69, 9.17) is 14.7 Å². The van der Waals surface area contributed by atoms with Gasteiger partial charge in [0.1, 0.15) is 0 Å². The molecule has 0 aliphatic carbocycles. The van der Waals surface area contributed by atoms with E-state index in [1.807, 2.05) is 0 Å². The molecule has 0 aromatic carbocycles. The van der Waals surface area contributed by atoms with Crippen LogP contribution in [0.3, 0.4) is 0 Å². The fourth-order valence-electron chi connectivity index (χ4n) is 3.90. The summed E-state index contributed by atoms with van der Waals surface area (Å²) < 4.78 is 5.50. The van der Waals surface area contributed by atoms with Crippen LogP contribution in [0.5, 0.6) is 0 Å². The summed E-state index contributed by atoms with van der Waals surface area (Å²) in [6.45, 7) is 16.9. The highest BCUT2D eigenvalue weighted by molar-refractivity contribution is 5.69. The molecule has 3 nitrogen and oxygen atoms in total. The monoisotopic (exact) mass is 422 g/mol. The number of hydrogen-bond donors (Lipinski definition) is 0. The van der Waals surface area contributed by atoms with Crippen LogP contribution >= 0.6 is 0 Å². The Morgan fingerprint density at radius 3 is 2.48 bits per heavy atom. The van der Waals surface area contributed by atoms with Crippen LogP contribution in [0.2, 0.25) is 0 Å². The Labute approximate surface area is 190 Å². The van der Waals surface area contributed by atoms with Gasteiger partial charge in [0.15, 0.2) is 0 Å². The summed E-state index contributed by atoms with van der Waals surface area (Å²) in [7, 11) is 0. The number of aryl methyl sites for hydroxylation is 2. The molecule has 1 atom stereocenters. The molecule has 0 spiro atoms. The lowest BCUT2D eigenvalue weighted by Crippen LogP contribution is -2.03. The first-order valence-electron chi connectivity index (χ1n) is 12.1. The van der Waals surface area contributed by atoms with Crippen LogP contribution in [-0.2, 0) is 11.2 Å². The molecular formula is C28H42N2O. The summed E-state index contributed by atoms with van der Waals surface area (Å²) in [5.41, 5.74) is 8.05. The lowest BCUT2D eigenvalue weighted by atomic mass is 9.95. The van der Waals surface area contributed by atoms with Crippen molar-refractivity contribution in [2.75, 3.05) is 13.2 Å². The second-order valence-corrected chi connectivity index (χ2v) is 8.84. The number of pyridine rings is 2. The van der Waals surface area contributed by atoms with Gasteiger partial charge >= 0.3 is 0 Å². The molecule has 0 saturated heterocycles. The zero-order chi connectivity index (χ0) is 22.8. The molecule has 2 aromatic rings. The molecule has 2 heterocycles. The van der Waals surface area contributed by atoms with Gasteiger partial charge in [-0.15, -0.1) is 0 Å². The van der Waals surface area contributed by atoms with Crippen LogP contribution in [0.25, 0.3) is 16.8 Å². The second kappa shape index (κ2) is 12.8. The quantitative estimate of drug-likeness (QED) is 0.328. The standard InChI is InChI=1S/C28H42N2O/c1-8-23(12-11-19-31-10-3)15-13-21(6)27-17-14-22(7)28(30-27)24-16-18-26(20(4)5)29-25(24)9-2/h13-14,16-18,20,23H,8-12,15,19H2,1-7H3/b21-13-. The first-order valence-corrected chi connectivity index (χ1v) is 12.1. The van der Waals surface area contributed by atoms with Crippen molar-refractivity contribution in [2.45, 2.75) is 86.5 Å². The molecule has 0 bridgehead atoms. The van der Waals surface area contributed by atoms with Gasteiger partial charge in [-0.1, -0.05) is 46.3 Å². The number of ether oxygens (including phenoxy) is 1. The van der Waals surface area contributed by atoms with Crippen LogP contribution in [0.15, 0.2) is 30.3 Å². The van der Waals surface area contributed by atoms with Gasteiger partial charge in [0.2, 0.25) is 0 Å². The molecular weight excluding hydrogens is 380 g/mol. The van der Waals surface area contributed by atoms with Crippen LogP contribution in [-0.4, -0.2) is 23.2 Å². The first kappa shape index (κ1) is 25.3. The minimum Gasteiger partial charge on any atom is -0.382 e. The predicted molar refractivity (Wildman–Crippen MR) is 133 cm³/mol. The second-order valence-electron chi connectivity index (χ2n) is 8.84. The molecule has 0 saturated carbocycles. The zero-order valence-corrected chi connectivity index (χ0v) is 20.8. The number of hydrogen-bond acceptors (Lipinski definition) is 3. The van der Waals surface area contributed by atoms with Gasteiger partial charge in [0, 0.05) is 30.2 Å². The van der Waals surface area contributed by atoms with E-state index in [9.17, 15) is 0 Å². The van der Waals surface area contributed by atoms with E-state index >= 15 is 0 Å². The zero-order valence-electron chi connectivity index (χ0n) is 20.8. The molecule has 170 valence electrons. The van der Waals surface area contributed by atoms with Gasteiger partial charge in [-0.2, -0.15) is 0 Å². The van der Waals surface area contributed by atoms with Gasteiger partial charge in [0.05, 0.1) is 11.4 Å². The first-order chi connectivity index (χ1) is 14.9.